The lowest BCUT2D eigenvalue weighted by molar-refractivity contribution is -0.121. The number of hydrogen-bond donors (Lipinski definition) is 1. The average Bonchev–Trinajstić information content (AvgIpc) is 2.63. The van der Waals surface area contributed by atoms with E-state index in [9.17, 15) is 4.79 Å². The Bertz CT molecular complexity index is 750. The van der Waals surface area contributed by atoms with Gasteiger partial charge in [0, 0.05) is 42.4 Å². The fraction of sp³-hybridized carbons (Fsp3) is 0.550. The zero-order valence-corrected chi connectivity index (χ0v) is 16.9. The minimum absolute atomic E-state index is 0.0811. The van der Waals surface area contributed by atoms with Gasteiger partial charge in [-0.3, -0.25) is 4.79 Å². The van der Waals surface area contributed by atoms with Crippen molar-refractivity contribution in [2.75, 3.05) is 18.0 Å². The fourth-order valence-electron chi connectivity index (χ4n) is 2.81. The Balaban J connectivity index is 2.29. The van der Waals surface area contributed by atoms with Gasteiger partial charge in [0.05, 0.1) is 5.52 Å². The average molecular weight is 377 g/mol. The first-order valence-electron chi connectivity index (χ1n) is 9.48. The Morgan fingerprint density at radius 2 is 2.00 bits per heavy atom. The van der Waals surface area contributed by atoms with Gasteiger partial charge in [-0.2, -0.15) is 0 Å². The summed E-state index contributed by atoms with van der Waals surface area (Å²) < 4.78 is 0. The minimum Gasteiger partial charge on any atom is -0.355 e. The smallest absolute Gasteiger partial charge is 0.221 e. The van der Waals surface area contributed by atoms with Gasteiger partial charge in [0.2, 0.25) is 5.91 Å². The third kappa shape index (κ3) is 5.31. The zero-order chi connectivity index (χ0) is 19.1. The topological polar surface area (TPSA) is 58.1 Å². The van der Waals surface area contributed by atoms with Crippen LogP contribution in [0.15, 0.2) is 18.2 Å². The van der Waals surface area contributed by atoms with Gasteiger partial charge in [0.25, 0.3) is 0 Å². The Labute approximate surface area is 161 Å². The molecule has 1 unspecified atom stereocenters. The maximum Gasteiger partial charge on any atom is 0.221 e. The van der Waals surface area contributed by atoms with Crippen molar-refractivity contribution < 1.29 is 4.79 Å². The van der Waals surface area contributed by atoms with Crippen LogP contribution < -0.4 is 10.2 Å². The molecule has 1 N–H and O–H groups in total. The van der Waals surface area contributed by atoms with Crippen LogP contribution in [0.25, 0.3) is 10.9 Å². The predicted octanol–water partition coefficient (Wildman–Crippen LogP) is 4.37. The molecule has 0 spiro atoms. The lowest BCUT2D eigenvalue weighted by Gasteiger charge is -2.25. The molecule has 2 rings (SSSR count). The van der Waals surface area contributed by atoms with Crippen LogP contribution in [0.4, 0.5) is 5.82 Å². The van der Waals surface area contributed by atoms with E-state index in [4.69, 9.17) is 16.6 Å². The molecule has 0 fully saturated rings. The molecule has 1 amide bonds. The van der Waals surface area contributed by atoms with Crippen LogP contribution >= 0.6 is 11.6 Å². The van der Waals surface area contributed by atoms with Crippen LogP contribution in [0.3, 0.4) is 0 Å². The first kappa shape index (κ1) is 20.4. The molecule has 6 heteroatoms. The van der Waals surface area contributed by atoms with Crippen molar-refractivity contribution in [3.63, 3.8) is 0 Å². The third-order valence-electron chi connectivity index (χ3n) is 4.42. The van der Waals surface area contributed by atoms with Gasteiger partial charge in [-0.15, -0.1) is 0 Å². The molecule has 142 valence electrons. The van der Waals surface area contributed by atoms with Gasteiger partial charge in [-0.05, 0) is 38.0 Å². The summed E-state index contributed by atoms with van der Waals surface area (Å²) in [5, 5.41) is 4.67. The molecule has 26 heavy (non-hydrogen) atoms. The van der Waals surface area contributed by atoms with Gasteiger partial charge < -0.3 is 10.2 Å². The van der Waals surface area contributed by atoms with E-state index in [2.05, 4.69) is 29.0 Å². The largest absolute Gasteiger partial charge is 0.355 e. The molecule has 5 nitrogen and oxygen atoms in total. The van der Waals surface area contributed by atoms with E-state index in [-0.39, 0.29) is 11.9 Å². The van der Waals surface area contributed by atoms with Crippen LogP contribution in [0.1, 0.15) is 52.8 Å². The highest BCUT2D eigenvalue weighted by Crippen LogP contribution is 2.27. The van der Waals surface area contributed by atoms with Crippen molar-refractivity contribution in [1.29, 1.82) is 0 Å². The number of amides is 1. The number of nitrogens with zero attached hydrogens (tertiary/aromatic N) is 3. The van der Waals surface area contributed by atoms with Crippen molar-refractivity contribution in [1.82, 2.24) is 15.3 Å². The summed E-state index contributed by atoms with van der Waals surface area (Å²) in [5.41, 5.74) is 0.851. The number of carbonyl (C=O) groups excluding carboxylic acids is 1. The quantitative estimate of drug-likeness (QED) is 0.706. The normalized spacial score (nSPS) is 12.2. The number of hydrogen-bond acceptors (Lipinski definition) is 4. The van der Waals surface area contributed by atoms with Gasteiger partial charge in [-0.1, -0.05) is 32.4 Å². The van der Waals surface area contributed by atoms with E-state index in [1.165, 1.54) is 0 Å². The first-order valence-corrected chi connectivity index (χ1v) is 9.86. The summed E-state index contributed by atoms with van der Waals surface area (Å²) in [6.07, 6.45) is 3.11. The van der Waals surface area contributed by atoms with Crippen LogP contribution in [0.5, 0.6) is 0 Å². The number of aryl methyl sites for hydroxylation is 1. The van der Waals surface area contributed by atoms with Gasteiger partial charge >= 0.3 is 0 Å². The molecule has 0 saturated carbocycles. The van der Waals surface area contributed by atoms with Crippen molar-refractivity contribution in [2.45, 2.75) is 59.4 Å². The molecule has 1 aromatic heterocycles. The van der Waals surface area contributed by atoms with Gasteiger partial charge in [-0.25, -0.2) is 9.97 Å². The molecule has 0 aliphatic heterocycles. The number of nitrogens with one attached hydrogen (secondary N) is 1. The lowest BCUT2D eigenvalue weighted by Crippen LogP contribution is -2.36. The SMILES string of the molecule is CCCN(CCC(=O)NC(C)CC)c1nc(CC)nc2cc(Cl)ccc12. The molecular formula is C20H29ClN4O. The molecule has 2 aromatic rings. The number of rotatable bonds is 9. The second-order valence-corrected chi connectivity index (χ2v) is 7.03. The highest BCUT2D eigenvalue weighted by atomic mass is 35.5. The standard InChI is InChI=1S/C20H29ClN4O/c1-5-11-25(12-10-19(26)22-14(4)6-2)20-16-9-8-15(21)13-17(16)23-18(7-3)24-20/h8-9,13-14H,5-7,10-12H2,1-4H3,(H,22,26). The second kappa shape index (κ2) is 9.72. The fourth-order valence-corrected chi connectivity index (χ4v) is 2.98. The maximum absolute atomic E-state index is 12.2. The second-order valence-electron chi connectivity index (χ2n) is 6.59. The number of aromatic nitrogens is 2. The van der Waals surface area contributed by atoms with Crippen LogP contribution in [-0.4, -0.2) is 35.0 Å². The summed E-state index contributed by atoms with van der Waals surface area (Å²) in [5.74, 6) is 1.76. The van der Waals surface area contributed by atoms with Gasteiger partial charge in [0.15, 0.2) is 0 Å². The highest BCUT2D eigenvalue weighted by Gasteiger charge is 2.16. The maximum atomic E-state index is 12.2. The Morgan fingerprint density at radius 1 is 1.23 bits per heavy atom. The first-order chi connectivity index (χ1) is 12.5. The van der Waals surface area contributed by atoms with Crippen molar-refractivity contribution >= 4 is 34.2 Å². The number of halogens is 1. The molecule has 0 aliphatic carbocycles. The van der Waals surface area contributed by atoms with Crippen LogP contribution in [0.2, 0.25) is 5.02 Å². The van der Waals surface area contributed by atoms with E-state index >= 15 is 0 Å². The summed E-state index contributed by atoms with van der Waals surface area (Å²) in [6, 6.07) is 5.91. The molecule has 0 aliphatic rings. The summed E-state index contributed by atoms with van der Waals surface area (Å²) in [6.45, 7) is 9.74. The highest BCUT2D eigenvalue weighted by molar-refractivity contribution is 6.31. The monoisotopic (exact) mass is 376 g/mol. The molecule has 1 atom stereocenters. The Kier molecular flexibility index (Phi) is 7.64. The van der Waals surface area contributed by atoms with Crippen LogP contribution in [-0.2, 0) is 11.2 Å². The van der Waals surface area contributed by atoms with Crippen molar-refractivity contribution in [3.8, 4) is 0 Å². The summed E-state index contributed by atoms with van der Waals surface area (Å²) in [4.78, 5) is 23.7. The molecular weight excluding hydrogens is 348 g/mol. The van der Waals surface area contributed by atoms with Crippen LogP contribution in [0, 0.1) is 0 Å². The van der Waals surface area contributed by atoms with E-state index in [1.54, 1.807) is 0 Å². The third-order valence-corrected chi connectivity index (χ3v) is 4.66. The molecule has 1 aromatic carbocycles. The molecule has 1 heterocycles. The number of anilines is 1. The van der Waals surface area contributed by atoms with Crippen molar-refractivity contribution in [2.24, 2.45) is 0 Å². The number of carbonyl (C=O) groups is 1. The molecule has 0 radical (unpaired) electrons. The summed E-state index contributed by atoms with van der Waals surface area (Å²) in [7, 11) is 0. The van der Waals surface area contributed by atoms with Gasteiger partial charge in [0.1, 0.15) is 11.6 Å². The Morgan fingerprint density at radius 3 is 2.65 bits per heavy atom. The summed E-state index contributed by atoms with van der Waals surface area (Å²) >= 11 is 6.15. The zero-order valence-electron chi connectivity index (χ0n) is 16.2. The predicted molar refractivity (Wildman–Crippen MR) is 109 cm³/mol. The van der Waals surface area contributed by atoms with Crippen molar-refractivity contribution in [3.05, 3.63) is 29.0 Å². The minimum atomic E-state index is 0.0811. The Hall–Kier alpha value is -1.88. The van der Waals surface area contributed by atoms with E-state index < -0.39 is 0 Å². The molecule has 0 saturated heterocycles. The lowest BCUT2D eigenvalue weighted by atomic mass is 10.2. The molecule has 0 bridgehead atoms. The number of benzene rings is 1. The van der Waals surface area contributed by atoms with E-state index in [0.29, 0.717) is 18.0 Å². The van der Waals surface area contributed by atoms with E-state index in [1.807, 2.05) is 32.0 Å². The number of fused-ring (bicyclic) bond motifs is 1. The van der Waals surface area contributed by atoms with E-state index in [0.717, 1.165) is 48.4 Å².